The number of carbonyl (C=O) groups excluding carboxylic acids is 1. The zero-order valence-electron chi connectivity index (χ0n) is 11.7. The Morgan fingerprint density at radius 3 is 2.77 bits per heavy atom. The molecule has 1 amide bonds. The molecule has 0 fully saturated rings. The number of aryl methyl sites for hydroxylation is 1. The summed E-state index contributed by atoms with van der Waals surface area (Å²) in [5, 5.41) is 17.8. The molecule has 116 valence electrons. The molecule has 1 N–H and O–H groups in total. The van der Waals surface area contributed by atoms with Crippen molar-refractivity contribution in [2.24, 2.45) is 0 Å². The molecule has 0 spiro atoms. The maximum atomic E-state index is 12.3. The van der Waals surface area contributed by atoms with Gasteiger partial charge in [-0.05, 0) is 35.8 Å². The van der Waals surface area contributed by atoms with Gasteiger partial charge in [-0.3, -0.25) is 19.6 Å². The minimum absolute atomic E-state index is 0.148. The van der Waals surface area contributed by atoms with E-state index < -0.39 is 11.0 Å². The smallest absolute Gasteiger partial charge is 0.271 e. The van der Waals surface area contributed by atoms with Crippen LogP contribution in [-0.2, 0) is 4.79 Å². The van der Waals surface area contributed by atoms with Crippen LogP contribution < -0.4 is 5.32 Å². The maximum Gasteiger partial charge on any atom is 0.271 e. The second-order valence-electron chi connectivity index (χ2n) is 4.63. The largest absolute Gasteiger partial charge is 0.323 e. The van der Waals surface area contributed by atoms with Crippen LogP contribution in [0, 0.1) is 17.0 Å². The third-order valence-corrected chi connectivity index (χ3v) is 4.16. The number of non-ortho nitro benzene ring substituents is 1. The molecule has 2 aromatic rings. The topological polar surface area (TPSA) is 90.1 Å². The van der Waals surface area contributed by atoms with Crippen molar-refractivity contribution >= 4 is 44.8 Å². The third kappa shape index (κ3) is 3.45. The number of nitrogens with one attached hydrogen (secondary N) is 1. The van der Waals surface area contributed by atoms with Gasteiger partial charge in [-0.15, -0.1) is 0 Å². The number of benzene rings is 1. The number of amides is 1. The lowest BCUT2D eigenvalue weighted by Gasteiger charge is -2.13. The molecule has 0 saturated carbocycles. The number of hydrogen-bond acceptors (Lipinski definition) is 4. The van der Waals surface area contributed by atoms with E-state index in [1.54, 1.807) is 13.1 Å². The van der Waals surface area contributed by atoms with Crippen LogP contribution >= 0.6 is 27.5 Å². The van der Waals surface area contributed by atoms with Gasteiger partial charge in [0.15, 0.2) is 0 Å². The first-order valence-corrected chi connectivity index (χ1v) is 7.42. The van der Waals surface area contributed by atoms with Gasteiger partial charge in [-0.1, -0.05) is 11.6 Å². The normalized spacial score (nSPS) is 12.0. The van der Waals surface area contributed by atoms with E-state index in [4.69, 9.17) is 11.6 Å². The molecule has 0 aliphatic rings. The predicted octanol–water partition coefficient (Wildman–Crippen LogP) is 3.72. The lowest BCUT2D eigenvalue weighted by Crippen LogP contribution is -2.24. The second-order valence-corrected chi connectivity index (χ2v) is 5.89. The van der Waals surface area contributed by atoms with Crippen molar-refractivity contribution in [1.29, 1.82) is 0 Å². The molecular formula is C13H12BrClN4O3. The molecule has 1 aromatic heterocycles. The summed E-state index contributed by atoms with van der Waals surface area (Å²) in [5.74, 6) is -0.377. The first kappa shape index (κ1) is 16.4. The van der Waals surface area contributed by atoms with Crippen molar-refractivity contribution in [2.45, 2.75) is 19.9 Å². The van der Waals surface area contributed by atoms with Crippen LogP contribution in [0.15, 0.2) is 28.9 Å². The number of hydrogen-bond donors (Lipinski definition) is 1. The Bertz CT molecular complexity index is 727. The Hall–Kier alpha value is -1.93. The molecule has 1 aromatic carbocycles. The van der Waals surface area contributed by atoms with Gasteiger partial charge in [0.2, 0.25) is 5.91 Å². The van der Waals surface area contributed by atoms with Crippen molar-refractivity contribution in [3.8, 4) is 0 Å². The van der Waals surface area contributed by atoms with Crippen LogP contribution in [0.2, 0.25) is 5.02 Å². The monoisotopic (exact) mass is 386 g/mol. The van der Waals surface area contributed by atoms with Crippen LogP contribution in [0.3, 0.4) is 0 Å². The van der Waals surface area contributed by atoms with Crippen LogP contribution in [0.25, 0.3) is 0 Å². The molecule has 0 saturated heterocycles. The summed E-state index contributed by atoms with van der Waals surface area (Å²) in [4.78, 5) is 22.5. The van der Waals surface area contributed by atoms with Gasteiger partial charge < -0.3 is 5.32 Å². The van der Waals surface area contributed by atoms with E-state index in [-0.39, 0.29) is 22.3 Å². The Balaban J connectivity index is 2.21. The van der Waals surface area contributed by atoms with Crippen LogP contribution in [-0.4, -0.2) is 20.6 Å². The zero-order valence-corrected chi connectivity index (χ0v) is 14.1. The number of rotatable bonds is 4. The van der Waals surface area contributed by atoms with Gasteiger partial charge in [-0.2, -0.15) is 5.10 Å². The summed E-state index contributed by atoms with van der Waals surface area (Å²) in [6, 6.07) is 3.27. The second kappa shape index (κ2) is 6.45. The van der Waals surface area contributed by atoms with E-state index in [1.165, 1.54) is 22.9 Å². The number of nitro benzene ring substituents is 1. The van der Waals surface area contributed by atoms with Crippen LogP contribution in [0.5, 0.6) is 0 Å². The molecule has 0 radical (unpaired) electrons. The van der Waals surface area contributed by atoms with Crippen LogP contribution in [0.1, 0.15) is 18.7 Å². The summed E-state index contributed by atoms with van der Waals surface area (Å²) in [7, 11) is 0. The molecule has 0 aliphatic carbocycles. The van der Waals surface area contributed by atoms with Gasteiger partial charge in [0, 0.05) is 18.3 Å². The number of aromatic nitrogens is 2. The Morgan fingerprint density at radius 2 is 2.23 bits per heavy atom. The van der Waals surface area contributed by atoms with Gasteiger partial charge in [0.25, 0.3) is 5.69 Å². The van der Waals surface area contributed by atoms with E-state index in [0.29, 0.717) is 0 Å². The lowest BCUT2D eigenvalue weighted by atomic mass is 10.2. The number of halogens is 2. The minimum atomic E-state index is -0.597. The minimum Gasteiger partial charge on any atom is -0.323 e. The first-order chi connectivity index (χ1) is 10.3. The highest BCUT2D eigenvalue weighted by molar-refractivity contribution is 9.10. The molecule has 1 atom stereocenters. The predicted molar refractivity (Wildman–Crippen MR) is 86.1 cm³/mol. The van der Waals surface area contributed by atoms with Crippen LogP contribution in [0.4, 0.5) is 11.4 Å². The lowest BCUT2D eigenvalue weighted by molar-refractivity contribution is -0.384. The molecule has 1 unspecified atom stereocenters. The highest BCUT2D eigenvalue weighted by atomic mass is 79.9. The summed E-state index contributed by atoms with van der Waals surface area (Å²) >= 11 is 9.28. The van der Waals surface area contributed by atoms with Crippen molar-refractivity contribution in [1.82, 2.24) is 9.78 Å². The van der Waals surface area contributed by atoms with E-state index in [2.05, 4.69) is 26.3 Å². The molecule has 0 aliphatic heterocycles. The fourth-order valence-electron chi connectivity index (χ4n) is 1.74. The average molecular weight is 388 g/mol. The quantitative estimate of drug-likeness (QED) is 0.639. The number of anilines is 1. The zero-order chi connectivity index (χ0) is 16.4. The Labute approximate surface area is 139 Å². The molecule has 22 heavy (non-hydrogen) atoms. The number of nitrogens with zero attached hydrogens (tertiary/aromatic N) is 3. The molecule has 1 heterocycles. The van der Waals surface area contributed by atoms with Crippen molar-refractivity contribution < 1.29 is 9.72 Å². The number of nitro groups is 1. The van der Waals surface area contributed by atoms with E-state index in [9.17, 15) is 14.9 Å². The third-order valence-electron chi connectivity index (χ3n) is 3.05. The van der Waals surface area contributed by atoms with E-state index in [1.807, 2.05) is 6.92 Å². The number of carbonyl (C=O) groups is 1. The van der Waals surface area contributed by atoms with Gasteiger partial charge in [0.05, 0.1) is 25.8 Å². The molecule has 9 heteroatoms. The molecule has 0 bridgehead atoms. The average Bonchev–Trinajstić information content (AvgIpc) is 2.79. The molecule has 7 nitrogen and oxygen atoms in total. The maximum absolute atomic E-state index is 12.3. The standard InChI is InChI=1S/C13H12BrClN4O3/c1-7-10(14)6-18(17-7)8(2)13(20)16-12-5-9(19(21)22)3-4-11(12)15/h3-6,8H,1-2H3,(H,16,20). The molecular weight excluding hydrogens is 376 g/mol. The van der Waals surface area contributed by atoms with Gasteiger partial charge in [0.1, 0.15) is 6.04 Å². The van der Waals surface area contributed by atoms with Gasteiger partial charge >= 0.3 is 0 Å². The SMILES string of the molecule is Cc1nn(C(C)C(=O)Nc2cc([N+](=O)[O-])ccc2Cl)cc1Br. The van der Waals surface area contributed by atoms with Gasteiger partial charge in [-0.25, -0.2) is 0 Å². The van der Waals surface area contributed by atoms with Crippen molar-refractivity contribution in [3.05, 3.63) is 49.7 Å². The molecule has 2 rings (SSSR count). The summed E-state index contributed by atoms with van der Waals surface area (Å²) in [5.41, 5.74) is 0.800. The summed E-state index contributed by atoms with van der Waals surface area (Å²) < 4.78 is 2.29. The highest BCUT2D eigenvalue weighted by Crippen LogP contribution is 2.27. The first-order valence-electron chi connectivity index (χ1n) is 6.25. The summed E-state index contributed by atoms with van der Waals surface area (Å²) in [6.07, 6.45) is 1.69. The Morgan fingerprint density at radius 1 is 1.55 bits per heavy atom. The fourth-order valence-corrected chi connectivity index (χ4v) is 2.19. The van der Waals surface area contributed by atoms with E-state index in [0.717, 1.165) is 10.2 Å². The Kier molecular flexibility index (Phi) is 4.82. The summed E-state index contributed by atoms with van der Waals surface area (Å²) in [6.45, 7) is 3.47. The highest BCUT2D eigenvalue weighted by Gasteiger charge is 2.19. The fraction of sp³-hybridized carbons (Fsp3) is 0.231. The van der Waals surface area contributed by atoms with E-state index >= 15 is 0 Å². The van der Waals surface area contributed by atoms with Crippen molar-refractivity contribution in [2.75, 3.05) is 5.32 Å². The van der Waals surface area contributed by atoms with Crippen molar-refractivity contribution in [3.63, 3.8) is 0 Å².